The zero-order valence-electron chi connectivity index (χ0n) is 14.5. The van der Waals surface area contributed by atoms with Crippen molar-refractivity contribution in [2.45, 2.75) is 26.1 Å². The van der Waals surface area contributed by atoms with E-state index in [4.69, 9.17) is 14.7 Å². The average Bonchev–Trinajstić information content (AvgIpc) is 3.10. The minimum absolute atomic E-state index is 0.236. The normalized spacial score (nSPS) is 12.8. The van der Waals surface area contributed by atoms with E-state index in [1.807, 2.05) is 30.3 Å². The Morgan fingerprint density at radius 3 is 2.96 bits per heavy atom. The molecule has 6 nitrogen and oxygen atoms in total. The molecule has 0 saturated carbocycles. The molecule has 0 bridgehead atoms. The Bertz CT molecular complexity index is 884. The van der Waals surface area contributed by atoms with Gasteiger partial charge in [0.05, 0.1) is 12.5 Å². The molecular formula is C19H18N2O4S. The Morgan fingerprint density at radius 2 is 2.19 bits per heavy atom. The van der Waals surface area contributed by atoms with Crippen LogP contribution in [0.2, 0.25) is 0 Å². The summed E-state index contributed by atoms with van der Waals surface area (Å²) in [4.78, 5) is 27.5. The van der Waals surface area contributed by atoms with Crippen LogP contribution in [0.3, 0.4) is 0 Å². The van der Waals surface area contributed by atoms with E-state index in [2.05, 4.69) is 0 Å². The number of likely N-dealkylation sites (N-methyl/N-ethyl adjacent to an activating group) is 1. The van der Waals surface area contributed by atoms with Gasteiger partial charge in [0.25, 0.3) is 5.91 Å². The Labute approximate surface area is 155 Å². The molecule has 3 rings (SSSR count). The minimum Gasteiger partial charge on any atom is -0.488 e. The first-order valence-corrected chi connectivity index (χ1v) is 9.00. The van der Waals surface area contributed by atoms with E-state index < -0.39 is 12.1 Å². The molecule has 0 spiro atoms. The quantitative estimate of drug-likeness (QED) is 0.755. The number of ether oxygens (including phenoxy) is 2. The summed E-state index contributed by atoms with van der Waals surface area (Å²) in [7, 11) is 1.59. The SMILES string of the molecule is C[C@H](OC(=O)c1cc2c(s1)-c1ccccc1OC2)C(=O)N(C)CCC#N. The molecule has 1 aliphatic rings. The van der Waals surface area contributed by atoms with Crippen molar-refractivity contribution in [3.05, 3.63) is 40.8 Å². The molecule has 0 N–H and O–H groups in total. The average molecular weight is 370 g/mol. The van der Waals surface area contributed by atoms with Crippen LogP contribution >= 0.6 is 11.3 Å². The molecule has 0 saturated heterocycles. The molecule has 2 heterocycles. The molecule has 1 atom stereocenters. The van der Waals surface area contributed by atoms with E-state index in [1.165, 1.54) is 23.2 Å². The second kappa shape index (κ2) is 7.58. The number of para-hydroxylation sites is 1. The highest BCUT2D eigenvalue weighted by atomic mass is 32.1. The minimum atomic E-state index is -0.908. The third-order valence-corrected chi connectivity index (χ3v) is 5.28. The standard InChI is InChI=1S/C19H18N2O4S/c1-12(18(22)21(2)9-5-8-20)25-19(23)16-10-13-11-24-15-7-4-3-6-14(15)17(13)26-16/h3-4,6-7,10,12H,5,9,11H2,1-2H3/t12-/m0/s1. The first kappa shape index (κ1) is 18.0. The van der Waals surface area contributed by atoms with Crippen LogP contribution in [0.15, 0.2) is 30.3 Å². The fourth-order valence-electron chi connectivity index (χ4n) is 2.71. The third-order valence-electron chi connectivity index (χ3n) is 4.09. The van der Waals surface area contributed by atoms with E-state index in [0.29, 0.717) is 18.0 Å². The maximum absolute atomic E-state index is 12.5. The molecule has 26 heavy (non-hydrogen) atoms. The van der Waals surface area contributed by atoms with Crippen molar-refractivity contribution in [3.8, 4) is 22.3 Å². The van der Waals surface area contributed by atoms with Crippen LogP contribution < -0.4 is 4.74 Å². The summed E-state index contributed by atoms with van der Waals surface area (Å²) in [5, 5.41) is 8.60. The maximum Gasteiger partial charge on any atom is 0.349 e. The highest BCUT2D eigenvalue weighted by molar-refractivity contribution is 7.17. The van der Waals surface area contributed by atoms with Crippen molar-refractivity contribution in [2.75, 3.05) is 13.6 Å². The van der Waals surface area contributed by atoms with Crippen molar-refractivity contribution >= 4 is 23.2 Å². The highest BCUT2D eigenvalue weighted by Crippen LogP contribution is 2.42. The number of amides is 1. The maximum atomic E-state index is 12.5. The summed E-state index contributed by atoms with van der Waals surface area (Å²) in [5.41, 5.74) is 1.89. The molecule has 1 aromatic carbocycles. The van der Waals surface area contributed by atoms with Gasteiger partial charge in [0, 0.05) is 29.6 Å². The number of hydrogen-bond acceptors (Lipinski definition) is 6. The fraction of sp³-hybridized carbons (Fsp3) is 0.316. The lowest BCUT2D eigenvalue weighted by Crippen LogP contribution is -2.37. The van der Waals surface area contributed by atoms with E-state index in [-0.39, 0.29) is 12.3 Å². The van der Waals surface area contributed by atoms with Crippen LogP contribution in [0.4, 0.5) is 0 Å². The largest absolute Gasteiger partial charge is 0.488 e. The zero-order chi connectivity index (χ0) is 18.7. The number of nitrogens with zero attached hydrogens (tertiary/aromatic N) is 2. The van der Waals surface area contributed by atoms with Gasteiger partial charge in [-0.3, -0.25) is 4.79 Å². The van der Waals surface area contributed by atoms with Gasteiger partial charge < -0.3 is 14.4 Å². The van der Waals surface area contributed by atoms with Gasteiger partial charge in [-0.1, -0.05) is 12.1 Å². The summed E-state index contributed by atoms with van der Waals surface area (Å²) >= 11 is 1.34. The van der Waals surface area contributed by atoms with E-state index in [0.717, 1.165) is 21.8 Å². The zero-order valence-corrected chi connectivity index (χ0v) is 15.3. The lowest BCUT2D eigenvalue weighted by atomic mass is 10.1. The van der Waals surface area contributed by atoms with Gasteiger partial charge in [-0.25, -0.2) is 4.79 Å². The Kier molecular flexibility index (Phi) is 5.24. The van der Waals surface area contributed by atoms with Gasteiger partial charge in [-0.15, -0.1) is 11.3 Å². The van der Waals surface area contributed by atoms with Crippen LogP contribution in [0.5, 0.6) is 5.75 Å². The molecule has 2 aromatic rings. The second-order valence-electron chi connectivity index (χ2n) is 5.97. The van der Waals surface area contributed by atoms with E-state index in [9.17, 15) is 9.59 Å². The van der Waals surface area contributed by atoms with Gasteiger partial charge >= 0.3 is 5.97 Å². The van der Waals surface area contributed by atoms with Crippen molar-refractivity contribution < 1.29 is 19.1 Å². The number of hydrogen-bond donors (Lipinski definition) is 0. The molecule has 134 valence electrons. The van der Waals surface area contributed by atoms with Crippen LogP contribution in [0, 0.1) is 11.3 Å². The lowest BCUT2D eigenvalue weighted by molar-refractivity contribution is -0.138. The Balaban J connectivity index is 1.71. The second-order valence-corrected chi connectivity index (χ2v) is 7.02. The van der Waals surface area contributed by atoms with Crippen molar-refractivity contribution in [3.63, 3.8) is 0 Å². The topological polar surface area (TPSA) is 79.6 Å². The Hall–Kier alpha value is -2.85. The number of rotatable bonds is 5. The van der Waals surface area contributed by atoms with Crippen LogP contribution in [-0.2, 0) is 16.1 Å². The van der Waals surface area contributed by atoms with Crippen molar-refractivity contribution in [1.29, 1.82) is 5.26 Å². The Morgan fingerprint density at radius 1 is 1.42 bits per heavy atom. The lowest BCUT2D eigenvalue weighted by Gasteiger charge is -2.20. The number of thiophene rings is 1. The summed E-state index contributed by atoms with van der Waals surface area (Å²) in [6.45, 7) is 2.25. The van der Waals surface area contributed by atoms with Gasteiger partial charge in [-0.05, 0) is 25.1 Å². The van der Waals surface area contributed by atoms with Gasteiger partial charge in [0.15, 0.2) is 6.10 Å². The predicted molar refractivity (Wildman–Crippen MR) is 96.8 cm³/mol. The molecular weight excluding hydrogens is 352 g/mol. The molecule has 1 aliphatic heterocycles. The fourth-order valence-corrected chi connectivity index (χ4v) is 3.79. The number of benzene rings is 1. The van der Waals surface area contributed by atoms with Crippen molar-refractivity contribution in [1.82, 2.24) is 4.90 Å². The molecule has 1 aromatic heterocycles. The predicted octanol–water partition coefficient (Wildman–Crippen LogP) is 3.22. The molecule has 0 unspecified atom stereocenters. The van der Waals surface area contributed by atoms with Crippen LogP contribution in [0.1, 0.15) is 28.6 Å². The number of fused-ring (bicyclic) bond motifs is 3. The highest BCUT2D eigenvalue weighted by Gasteiger charge is 2.26. The number of carbonyl (C=O) groups is 2. The first-order valence-electron chi connectivity index (χ1n) is 8.19. The van der Waals surface area contributed by atoms with E-state index >= 15 is 0 Å². The van der Waals surface area contributed by atoms with Gasteiger partial charge in [0.1, 0.15) is 17.2 Å². The summed E-state index contributed by atoms with van der Waals surface area (Å²) < 4.78 is 11.0. The van der Waals surface area contributed by atoms with E-state index in [1.54, 1.807) is 13.1 Å². The first-order chi connectivity index (χ1) is 12.5. The number of esters is 1. The number of nitriles is 1. The van der Waals surface area contributed by atoms with Crippen LogP contribution in [-0.4, -0.2) is 36.5 Å². The number of carbonyl (C=O) groups excluding carboxylic acids is 2. The molecule has 7 heteroatoms. The monoisotopic (exact) mass is 370 g/mol. The molecule has 0 fully saturated rings. The summed E-state index contributed by atoms with van der Waals surface area (Å²) in [5.74, 6) is -0.0653. The van der Waals surface area contributed by atoms with Crippen LogP contribution in [0.25, 0.3) is 10.4 Å². The van der Waals surface area contributed by atoms with Gasteiger partial charge in [-0.2, -0.15) is 5.26 Å². The van der Waals surface area contributed by atoms with Gasteiger partial charge in [0.2, 0.25) is 0 Å². The molecule has 0 aliphatic carbocycles. The smallest absolute Gasteiger partial charge is 0.349 e. The summed E-state index contributed by atoms with van der Waals surface area (Å²) in [6.07, 6.45) is -0.672. The molecule has 1 amide bonds. The molecule has 0 radical (unpaired) electrons. The third kappa shape index (κ3) is 3.55. The van der Waals surface area contributed by atoms with Crippen molar-refractivity contribution in [2.24, 2.45) is 0 Å². The summed E-state index contributed by atoms with van der Waals surface area (Å²) in [6, 6.07) is 11.4.